The van der Waals surface area contributed by atoms with Crippen molar-refractivity contribution in [1.29, 1.82) is 0 Å². The van der Waals surface area contributed by atoms with Gasteiger partial charge in [0.25, 0.3) is 0 Å². The molecule has 1 N–H and O–H groups in total. The van der Waals surface area contributed by atoms with E-state index in [-0.39, 0.29) is 10.7 Å². The summed E-state index contributed by atoms with van der Waals surface area (Å²) in [5.74, 6) is 0.0199. The zero-order chi connectivity index (χ0) is 9.68. The van der Waals surface area contributed by atoms with Crippen LogP contribution in [0, 0.1) is 0 Å². The number of carbonyl (C=O) groups excluding carboxylic acids is 1. The van der Waals surface area contributed by atoms with E-state index in [1.165, 1.54) is 0 Å². The van der Waals surface area contributed by atoms with Crippen LogP contribution in [0.25, 0.3) is 0 Å². The average Bonchev–Trinajstić information content (AvgIpc) is 2.15. The van der Waals surface area contributed by atoms with Crippen LogP contribution in [0.4, 0.5) is 0 Å². The Balaban J connectivity index is 2.25. The van der Waals surface area contributed by atoms with E-state index in [1.807, 2.05) is 0 Å². The fourth-order valence-electron chi connectivity index (χ4n) is 1.07. The van der Waals surface area contributed by atoms with Crippen molar-refractivity contribution in [3.05, 3.63) is 11.6 Å². The molecule has 0 aliphatic carbocycles. The van der Waals surface area contributed by atoms with Crippen LogP contribution in [0.2, 0.25) is 0 Å². The minimum Gasteiger partial charge on any atom is -0.377 e. The number of nitrogens with one attached hydrogen (secondary N) is 1. The Hall–Kier alpha value is -0.350. The topological polar surface area (TPSA) is 38.3 Å². The molecule has 0 spiro atoms. The highest BCUT2D eigenvalue weighted by Crippen LogP contribution is 2.04. The lowest BCUT2D eigenvalue weighted by molar-refractivity contribution is -0.120. The Morgan fingerprint density at radius 3 is 3.15 bits per heavy atom. The zero-order valence-electron chi connectivity index (χ0n) is 7.68. The van der Waals surface area contributed by atoms with E-state index in [1.54, 1.807) is 6.92 Å². The minimum atomic E-state index is -0.127. The molecule has 0 saturated carbocycles. The predicted octanol–water partition coefficient (Wildman–Crippen LogP) is 1.23. The number of amides is 1. The van der Waals surface area contributed by atoms with Crippen molar-refractivity contribution in [2.24, 2.45) is 0 Å². The summed E-state index contributed by atoms with van der Waals surface area (Å²) in [5, 5.41) is 2.82. The van der Waals surface area contributed by atoms with E-state index in [9.17, 15) is 4.79 Å². The van der Waals surface area contributed by atoms with Crippen molar-refractivity contribution >= 4 is 21.8 Å². The molecule has 0 aromatic rings. The first-order valence-electron chi connectivity index (χ1n) is 4.37. The van der Waals surface area contributed by atoms with Gasteiger partial charge in [-0.3, -0.25) is 4.79 Å². The third-order valence-electron chi connectivity index (χ3n) is 1.83. The van der Waals surface area contributed by atoms with Gasteiger partial charge in [-0.15, -0.1) is 0 Å². The molecule has 13 heavy (non-hydrogen) atoms. The van der Waals surface area contributed by atoms with Crippen LogP contribution in [0.1, 0.15) is 13.3 Å². The number of ether oxygens (including phenoxy) is 1. The van der Waals surface area contributed by atoms with Crippen molar-refractivity contribution < 1.29 is 9.53 Å². The summed E-state index contributed by atoms with van der Waals surface area (Å²) in [6, 6.07) is 0. The summed E-state index contributed by atoms with van der Waals surface area (Å²) >= 11 is 3.20. The number of hydrogen-bond acceptors (Lipinski definition) is 2. The Bertz CT molecular complexity index is 214. The second kappa shape index (κ2) is 5.40. The normalized spacial score (nSPS) is 19.1. The van der Waals surface area contributed by atoms with E-state index >= 15 is 0 Å². The highest BCUT2D eigenvalue weighted by atomic mass is 79.9. The number of hydrogen-bond donors (Lipinski definition) is 1. The molecule has 1 amide bonds. The van der Waals surface area contributed by atoms with Gasteiger partial charge in [0, 0.05) is 6.54 Å². The Labute approximate surface area is 86.7 Å². The molecule has 3 nitrogen and oxygen atoms in total. The van der Waals surface area contributed by atoms with E-state index in [0.29, 0.717) is 13.2 Å². The fourth-order valence-corrected chi connectivity index (χ4v) is 1.23. The van der Waals surface area contributed by atoms with Gasteiger partial charge in [0.2, 0.25) is 5.91 Å². The fraction of sp³-hybridized carbons (Fsp3) is 0.667. The highest BCUT2D eigenvalue weighted by molar-refractivity contribution is 9.10. The molecule has 4 heteroatoms. The lowest BCUT2D eigenvalue weighted by Crippen LogP contribution is -2.32. The molecule has 1 aliphatic rings. The first-order chi connectivity index (χ1) is 6.20. The van der Waals surface area contributed by atoms with Gasteiger partial charge in [0.15, 0.2) is 0 Å². The van der Waals surface area contributed by atoms with Crippen LogP contribution in [-0.2, 0) is 9.53 Å². The van der Waals surface area contributed by atoms with Crippen LogP contribution in [0.5, 0.6) is 0 Å². The van der Waals surface area contributed by atoms with Crippen molar-refractivity contribution in [3.8, 4) is 0 Å². The highest BCUT2D eigenvalue weighted by Gasteiger charge is 2.09. The second-order valence-corrected chi connectivity index (χ2v) is 4.41. The van der Waals surface area contributed by atoms with Crippen LogP contribution in [0.15, 0.2) is 11.6 Å². The van der Waals surface area contributed by atoms with Gasteiger partial charge in [0.1, 0.15) is 0 Å². The van der Waals surface area contributed by atoms with Gasteiger partial charge >= 0.3 is 0 Å². The molecule has 0 aromatic heterocycles. The summed E-state index contributed by atoms with van der Waals surface area (Å²) in [5.41, 5.74) is 1.16. The maximum atomic E-state index is 11.2. The van der Waals surface area contributed by atoms with Crippen LogP contribution in [0.3, 0.4) is 0 Å². The maximum absolute atomic E-state index is 11.2. The number of halogens is 1. The molecule has 1 unspecified atom stereocenters. The molecule has 0 bridgehead atoms. The Morgan fingerprint density at radius 2 is 2.62 bits per heavy atom. The summed E-state index contributed by atoms with van der Waals surface area (Å²) in [4.78, 5) is 11.0. The van der Waals surface area contributed by atoms with Gasteiger partial charge in [-0.1, -0.05) is 22.0 Å². The van der Waals surface area contributed by atoms with Crippen LogP contribution < -0.4 is 5.32 Å². The van der Waals surface area contributed by atoms with E-state index in [4.69, 9.17) is 4.74 Å². The second-order valence-electron chi connectivity index (χ2n) is 3.04. The summed E-state index contributed by atoms with van der Waals surface area (Å²) in [7, 11) is 0. The molecule has 0 saturated heterocycles. The number of alkyl halides is 1. The molecular formula is C9H14BrNO2. The third-order valence-corrected chi connectivity index (χ3v) is 2.25. The largest absolute Gasteiger partial charge is 0.377 e. The van der Waals surface area contributed by atoms with Crippen LogP contribution >= 0.6 is 15.9 Å². The van der Waals surface area contributed by atoms with Gasteiger partial charge < -0.3 is 10.1 Å². The quantitative estimate of drug-likeness (QED) is 0.602. The van der Waals surface area contributed by atoms with Gasteiger partial charge in [-0.05, 0) is 18.9 Å². The van der Waals surface area contributed by atoms with Gasteiger partial charge in [-0.2, -0.15) is 0 Å². The zero-order valence-corrected chi connectivity index (χ0v) is 9.26. The molecule has 1 atom stereocenters. The first-order valence-corrected chi connectivity index (χ1v) is 5.29. The molecule has 1 aliphatic heterocycles. The first kappa shape index (κ1) is 10.7. The molecular weight excluding hydrogens is 234 g/mol. The summed E-state index contributed by atoms with van der Waals surface area (Å²) in [6.45, 7) is 3.86. The molecule has 1 heterocycles. The van der Waals surface area contributed by atoms with Crippen molar-refractivity contribution in [2.75, 3.05) is 19.8 Å². The van der Waals surface area contributed by atoms with Crippen molar-refractivity contribution in [2.45, 2.75) is 18.2 Å². The lowest BCUT2D eigenvalue weighted by Gasteiger charge is -2.14. The lowest BCUT2D eigenvalue weighted by atomic mass is 10.2. The van der Waals surface area contributed by atoms with E-state index in [2.05, 4.69) is 27.3 Å². The standard InChI is InChI=1S/C9H14BrNO2/c1-7(10)9(12)11-5-8-3-2-4-13-6-8/h3,7H,2,4-6H2,1H3,(H,11,12). The number of rotatable bonds is 3. The monoisotopic (exact) mass is 247 g/mol. The third kappa shape index (κ3) is 3.91. The smallest absolute Gasteiger partial charge is 0.233 e. The molecule has 0 radical (unpaired) electrons. The predicted molar refractivity (Wildman–Crippen MR) is 54.9 cm³/mol. The molecule has 74 valence electrons. The minimum absolute atomic E-state index is 0.0199. The summed E-state index contributed by atoms with van der Waals surface area (Å²) in [6.07, 6.45) is 3.08. The molecule has 1 rings (SSSR count). The molecule has 0 fully saturated rings. The number of carbonyl (C=O) groups is 1. The van der Waals surface area contributed by atoms with E-state index < -0.39 is 0 Å². The SMILES string of the molecule is CC(Br)C(=O)NCC1=CCCOC1. The molecule has 0 aromatic carbocycles. The Kier molecular flexibility index (Phi) is 4.45. The Morgan fingerprint density at radius 1 is 1.85 bits per heavy atom. The summed E-state index contributed by atoms with van der Waals surface area (Å²) < 4.78 is 5.24. The maximum Gasteiger partial charge on any atom is 0.233 e. The van der Waals surface area contributed by atoms with Gasteiger partial charge in [-0.25, -0.2) is 0 Å². The average molecular weight is 248 g/mol. The van der Waals surface area contributed by atoms with Crippen molar-refractivity contribution in [1.82, 2.24) is 5.32 Å². The van der Waals surface area contributed by atoms with Gasteiger partial charge in [0.05, 0.1) is 18.0 Å². The van der Waals surface area contributed by atoms with Crippen molar-refractivity contribution in [3.63, 3.8) is 0 Å². The van der Waals surface area contributed by atoms with E-state index in [0.717, 1.165) is 18.6 Å². The van der Waals surface area contributed by atoms with Crippen LogP contribution in [-0.4, -0.2) is 30.5 Å².